The van der Waals surface area contributed by atoms with E-state index in [1.165, 1.54) is 18.6 Å². The smallest absolute Gasteiger partial charge is 0.333 e. The molecule has 0 saturated carbocycles. The molecule has 0 aliphatic carbocycles. The Kier molecular flexibility index (Phi) is 10.7. The first-order chi connectivity index (χ1) is 15.9. The van der Waals surface area contributed by atoms with Crippen molar-refractivity contribution in [3.05, 3.63) is 70.8 Å². The Labute approximate surface area is 195 Å². The minimum atomic E-state index is -0.441. The lowest BCUT2D eigenvalue weighted by Gasteiger charge is -2.19. The quantitative estimate of drug-likeness (QED) is 0.0775. The summed E-state index contributed by atoms with van der Waals surface area (Å²) in [5, 5.41) is 19.0. The third kappa shape index (κ3) is 9.64. The number of benzene rings is 2. The van der Waals surface area contributed by atoms with E-state index < -0.39 is 4.92 Å². The van der Waals surface area contributed by atoms with E-state index in [4.69, 9.17) is 4.74 Å². The Bertz CT molecular complexity index is 940. The Balaban J connectivity index is 1.63. The van der Waals surface area contributed by atoms with Crippen molar-refractivity contribution in [2.24, 2.45) is 10.2 Å². The van der Waals surface area contributed by atoms with Gasteiger partial charge in [0.15, 0.2) is 0 Å². The highest BCUT2D eigenvalue weighted by molar-refractivity contribution is 5.86. The summed E-state index contributed by atoms with van der Waals surface area (Å²) in [6.07, 6.45) is 6.55. The lowest BCUT2D eigenvalue weighted by atomic mass is 10.1. The maximum Gasteiger partial charge on any atom is 0.333 e. The zero-order chi connectivity index (χ0) is 24.1. The summed E-state index contributed by atoms with van der Waals surface area (Å²) >= 11 is 0. The number of anilines is 1. The number of nitro groups is 1. The van der Waals surface area contributed by atoms with Gasteiger partial charge >= 0.3 is 5.97 Å². The number of azo groups is 1. The summed E-state index contributed by atoms with van der Waals surface area (Å²) in [6.45, 7) is 6.66. The van der Waals surface area contributed by atoms with Gasteiger partial charge in [0.05, 0.1) is 22.9 Å². The van der Waals surface area contributed by atoms with Gasteiger partial charge in [-0.25, -0.2) is 4.79 Å². The number of rotatable bonds is 14. The molecule has 2 aromatic rings. The van der Waals surface area contributed by atoms with Crippen LogP contribution in [0.3, 0.4) is 0 Å². The Morgan fingerprint density at radius 1 is 0.939 bits per heavy atom. The zero-order valence-electron chi connectivity index (χ0n) is 19.4. The van der Waals surface area contributed by atoms with Crippen LogP contribution in [0, 0.1) is 10.1 Å². The summed E-state index contributed by atoms with van der Waals surface area (Å²) in [6, 6.07) is 13.8. The standard InChI is InChI=1S/C25H32N4O4/c1-20(2)25(30)33-19-9-7-5-4-6-8-18-28(3)23-14-10-21(11-15-23)26-27-22-12-16-24(17-13-22)29(31)32/h10-17H,1,4-9,18-19H2,2-3H3. The van der Waals surface area contributed by atoms with Gasteiger partial charge in [-0.2, -0.15) is 10.2 Å². The summed E-state index contributed by atoms with van der Waals surface area (Å²) in [7, 11) is 2.07. The largest absolute Gasteiger partial charge is 0.462 e. The van der Waals surface area contributed by atoms with Crippen molar-refractivity contribution in [2.75, 3.05) is 25.1 Å². The molecule has 8 nitrogen and oxygen atoms in total. The van der Waals surface area contributed by atoms with Crippen LogP contribution in [0.5, 0.6) is 0 Å². The van der Waals surface area contributed by atoms with Crippen molar-refractivity contribution in [3.8, 4) is 0 Å². The molecule has 0 atom stereocenters. The van der Waals surface area contributed by atoms with Crippen molar-refractivity contribution in [2.45, 2.75) is 45.4 Å². The Morgan fingerprint density at radius 3 is 2.00 bits per heavy atom. The lowest BCUT2D eigenvalue weighted by Crippen LogP contribution is -2.18. The topological polar surface area (TPSA) is 97.4 Å². The highest BCUT2D eigenvalue weighted by Crippen LogP contribution is 2.23. The van der Waals surface area contributed by atoms with Crippen LogP contribution < -0.4 is 4.90 Å². The van der Waals surface area contributed by atoms with Gasteiger partial charge in [0.1, 0.15) is 0 Å². The molecule has 2 rings (SSSR count). The maximum absolute atomic E-state index is 11.3. The van der Waals surface area contributed by atoms with Crippen molar-refractivity contribution < 1.29 is 14.5 Å². The number of unbranched alkanes of at least 4 members (excludes halogenated alkanes) is 5. The van der Waals surface area contributed by atoms with E-state index in [1.54, 1.807) is 19.1 Å². The molecular formula is C25H32N4O4. The molecule has 0 N–H and O–H groups in total. The molecule has 0 aromatic heterocycles. The fourth-order valence-electron chi connectivity index (χ4n) is 3.11. The number of hydrogen-bond donors (Lipinski definition) is 0. The number of nitrogens with zero attached hydrogens (tertiary/aromatic N) is 4. The first kappa shape index (κ1) is 25.7. The number of carbonyl (C=O) groups is 1. The molecule has 2 aromatic carbocycles. The summed E-state index contributed by atoms with van der Waals surface area (Å²) in [5.74, 6) is -0.307. The average Bonchev–Trinajstić information content (AvgIpc) is 2.81. The average molecular weight is 453 g/mol. The number of nitro benzene ring substituents is 1. The summed E-state index contributed by atoms with van der Waals surface area (Å²) < 4.78 is 5.09. The highest BCUT2D eigenvalue weighted by atomic mass is 16.6. The summed E-state index contributed by atoms with van der Waals surface area (Å²) in [4.78, 5) is 23.7. The van der Waals surface area contributed by atoms with Crippen molar-refractivity contribution in [1.82, 2.24) is 0 Å². The van der Waals surface area contributed by atoms with Crippen LogP contribution in [-0.2, 0) is 9.53 Å². The van der Waals surface area contributed by atoms with Crippen molar-refractivity contribution in [1.29, 1.82) is 0 Å². The van der Waals surface area contributed by atoms with Gasteiger partial charge in [-0.3, -0.25) is 10.1 Å². The molecule has 0 radical (unpaired) electrons. The van der Waals surface area contributed by atoms with Gasteiger partial charge in [-0.1, -0.05) is 32.3 Å². The van der Waals surface area contributed by atoms with Gasteiger partial charge in [0, 0.05) is 37.0 Å². The third-order valence-electron chi connectivity index (χ3n) is 5.10. The Morgan fingerprint density at radius 2 is 1.45 bits per heavy atom. The van der Waals surface area contributed by atoms with E-state index in [-0.39, 0.29) is 11.7 Å². The molecule has 0 heterocycles. The third-order valence-corrected chi connectivity index (χ3v) is 5.10. The van der Waals surface area contributed by atoms with Gasteiger partial charge in [0.25, 0.3) is 5.69 Å². The monoisotopic (exact) mass is 452 g/mol. The molecule has 0 aliphatic rings. The molecule has 0 spiro atoms. The fourth-order valence-corrected chi connectivity index (χ4v) is 3.11. The first-order valence-electron chi connectivity index (χ1n) is 11.2. The Hall–Kier alpha value is -3.55. The van der Waals surface area contributed by atoms with E-state index in [9.17, 15) is 14.9 Å². The van der Waals surface area contributed by atoms with E-state index in [0.29, 0.717) is 17.9 Å². The van der Waals surface area contributed by atoms with Crippen LogP contribution >= 0.6 is 0 Å². The van der Waals surface area contributed by atoms with Crippen LogP contribution in [0.4, 0.5) is 22.7 Å². The SMILES string of the molecule is C=C(C)C(=O)OCCCCCCCCN(C)c1ccc(N=Nc2ccc([N+](=O)[O-])cc2)cc1. The second-order valence-electron chi connectivity index (χ2n) is 7.95. The summed E-state index contributed by atoms with van der Waals surface area (Å²) in [5.41, 5.74) is 2.88. The molecular weight excluding hydrogens is 420 g/mol. The number of carbonyl (C=O) groups excluding carboxylic acids is 1. The van der Waals surface area contributed by atoms with Crippen molar-refractivity contribution in [3.63, 3.8) is 0 Å². The fraction of sp³-hybridized carbons (Fsp3) is 0.400. The predicted octanol–water partition coefficient (Wildman–Crippen LogP) is 6.91. The number of esters is 1. The maximum atomic E-state index is 11.3. The number of ether oxygens (including phenoxy) is 1. The molecule has 0 unspecified atom stereocenters. The molecule has 0 bridgehead atoms. The van der Waals surface area contributed by atoms with Gasteiger partial charge in [-0.05, 0) is 56.2 Å². The molecule has 0 aliphatic heterocycles. The van der Waals surface area contributed by atoms with Gasteiger partial charge in [0.2, 0.25) is 0 Å². The molecule has 8 heteroatoms. The van der Waals surface area contributed by atoms with E-state index >= 15 is 0 Å². The van der Waals surface area contributed by atoms with Gasteiger partial charge in [-0.15, -0.1) is 0 Å². The number of non-ortho nitro benzene ring substituents is 1. The van der Waals surface area contributed by atoms with Crippen molar-refractivity contribution >= 4 is 28.7 Å². The molecule has 176 valence electrons. The van der Waals surface area contributed by atoms with E-state index in [2.05, 4.69) is 28.8 Å². The normalized spacial score (nSPS) is 10.8. The molecule has 0 fully saturated rings. The second-order valence-corrected chi connectivity index (χ2v) is 7.95. The predicted molar refractivity (Wildman–Crippen MR) is 130 cm³/mol. The van der Waals surface area contributed by atoms with E-state index in [0.717, 1.165) is 50.0 Å². The molecule has 0 saturated heterocycles. The number of hydrogen-bond acceptors (Lipinski definition) is 7. The van der Waals surface area contributed by atoms with Gasteiger partial charge < -0.3 is 9.64 Å². The van der Waals surface area contributed by atoms with Crippen LogP contribution in [0.25, 0.3) is 0 Å². The minimum Gasteiger partial charge on any atom is -0.462 e. The van der Waals surface area contributed by atoms with Crippen LogP contribution in [0.2, 0.25) is 0 Å². The van der Waals surface area contributed by atoms with E-state index in [1.807, 2.05) is 24.3 Å². The van der Waals surface area contributed by atoms with Crippen LogP contribution in [-0.4, -0.2) is 31.1 Å². The first-order valence-corrected chi connectivity index (χ1v) is 11.2. The van der Waals surface area contributed by atoms with Crippen LogP contribution in [0.1, 0.15) is 45.4 Å². The molecule has 0 amide bonds. The second kappa shape index (κ2) is 13.8. The highest BCUT2D eigenvalue weighted by Gasteiger charge is 2.04. The zero-order valence-corrected chi connectivity index (χ0v) is 19.4. The molecule has 33 heavy (non-hydrogen) atoms. The lowest BCUT2D eigenvalue weighted by molar-refractivity contribution is -0.384. The minimum absolute atomic E-state index is 0.0305. The van der Waals surface area contributed by atoms with Crippen LogP contribution in [0.15, 0.2) is 70.9 Å².